The summed E-state index contributed by atoms with van der Waals surface area (Å²) in [4.78, 5) is 11.6. The SMILES string of the molecule is CC1(C)Oc2cc(Br)c(Br)cc2NC1=O. The first-order valence-electron chi connectivity index (χ1n) is 4.40. The van der Waals surface area contributed by atoms with Crippen LogP contribution < -0.4 is 10.1 Å². The van der Waals surface area contributed by atoms with E-state index in [0.717, 1.165) is 8.95 Å². The maximum atomic E-state index is 11.6. The number of carbonyl (C=O) groups is 1. The average Bonchev–Trinajstić information content (AvgIpc) is 2.11. The molecule has 1 aromatic carbocycles. The third-order valence-electron chi connectivity index (χ3n) is 2.18. The van der Waals surface area contributed by atoms with Gasteiger partial charge in [0.2, 0.25) is 0 Å². The van der Waals surface area contributed by atoms with E-state index in [9.17, 15) is 4.79 Å². The molecule has 0 aliphatic carbocycles. The zero-order chi connectivity index (χ0) is 11.2. The van der Waals surface area contributed by atoms with Gasteiger partial charge in [-0.2, -0.15) is 0 Å². The highest BCUT2D eigenvalue weighted by atomic mass is 79.9. The lowest BCUT2D eigenvalue weighted by molar-refractivity contribution is -0.129. The van der Waals surface area contributed by atoms with E-state index in [2.05, 4.69) is 37.2 Å². The van der Waals surface area contributed by atoms with Crippen molar-refractivity contribution in [2.24, 2.45) is 0 Å². The highest BCUT2D eigenvalue weighted by molar-refractivity contribution is 9.13. The average molecular weight is 335 g/mol. The second-order valence-corrected chi connectivity index (χ2v) is 5.54. The van der Waals surface area contributed by atoms with Crippen LogP contribution in [0.25, 0.3) is 0 Å². The molecule has 80 valence electrons. The molecule has 1 aliphatic rings. The van der Waals surface area contributed by atoms with Crippen molar-refractivity contribution >= 4 is 43.5 Å². The summed E-state index contributed by atoms with van der Waals surface area (Å²) < 4.78 is 7.38. The summed E-state index contributed by atoms with van der Waals surface area (Å²) in [5.41, 5.74) is -0.130. The molecule has 1 heterocycles. The van der Waals surface area contributed by atoms with Crippen LogP contribution in [0.1, 0.15) is 13.8 Å². The van der Waals surface area contributed by atoms with Crippen molar-refractivity contribution in [3.63, 3.8) is 0 Å². The minimum Gasteiger partial charge on any atom is -0.476 e. The fraction of sp³-hybridized carbons (Fsp3) is 0.300. The first-order valence-corrected chi connectivity index (χ1v) is 5.98. The van der Waals surface area contributed by atoms with Crippen molar-refractivity contribution in [1.29, 1.82) is 0 Å². The van der Waals surface area contributed by atoms with Gasteiger partial charge in [0, 0.05) is 8.95 Å². The molecule has 1 aromatic rings. The van der Waals surface area contributed by atoms with Crippen LogP contribution in [0.4, 0.5) is 5.69 Å². The van der Waals surface area contributed by atoms with Crippen LogP contribution in [0.2, 0.25) is 0 Å². The molecule has 2 rings (SSSR count). The number of nitrogens with one attached hydrogen (secondary N) is 1. The number of halogens is 2. The first-order chi connectivity index (χ1) is 6.90. The normalized spacial score (nSPS) is 17.7. The Balaban J connectivity index is 2.51. The van der Waals surface area contributed by atoms with Gasteiger partial charge in [0.25, 0.3) is 5.91 Å². The number of hydrogen-bond donors (Lipinski definition) is 1. The minimum atomic E-state index is -0.819. The smallest absolute Gasteiger partial charge is 0.268 e. The molecule has 0 spiro atoms. The van der Waals surface area contributed by atoms with Crippen molar-refractivity contribution in [3.8, 4) is 5.75 Å². The van der Waals surface area contributed by atoms with Gasteiger partial charge in [0.05, 0.1) is 5.69 Å². The maximum Gasteiger partial charge on any atom is 0.268 e. The summed E-state index contributed by atoms with van der Waals surface area (Å²) in [6.45, 7) is 3.47. The van der Waals surface area contributed by atoms with E-state index >= 15 is 0 Å². The second-order valence-electron chi connectivity index (χ2n) is 3.83. The Morgan fingerprint density at radius 3 is 2.53 bits per heavy atom. The van der Waals surface area contributed by atoms with Crippen LogP contribution in [0.15, 0.2) is 21.1 Å². The quantitative estimate of drug-likeness (QED) is 0.790. The number of anilines is 1. The summed E-state index contributed by atoms with van der Waals surface area (Å²) in [5, 5.41) is 2.80. The number of fused-ring (bicyclic) bond motifs is 1. The summed E-state index contributed by atoms with van der Waals surface area (Å²) in [6.07, 6.45) is 0. The zero-order valence-corrected chi connectivity index (χ0v) is 11.4. The molecule has 1 aliphatic heterocycles. The van der Waals surface area contributed by atoms with Crippen molar-refractivity contribution in [2.45, 2.75) is 19.4 Å². The van der Waals surface area contributed by atoms with Gasteiger partial charge >= 0.3 is 0 Å². The van der Waals surface area contributed by atoms with Crippen molar-refractivity contribution in [2.75, 3.05) is 5.32 Å². The lowest BCUT2D eigenvalue weighted by atomic mass is 10.1. The van der Waals surface area contributed by atoms with Crippen molar-refractivity contribution in [1.82, 2.24) is 0 Å². The Kier molecular flexibility index (Phi) is 2.55. The number of carbonyl (C=O) groups excluding carboxylic acids is 1. The standard InChI is InChI=1S/C10H9Br2NO2/c1-10(2)9(14)13-7-3-5(11)6(12)4-8(7)15-10/h3-4H,1-2H3,(H,13,14). The molecule has 0 atom stereocenters. The third-order valence-corrected chi connectivity index (χ3v) is 4.03. The molecule has 1 N–H and O–H groups in total. The molecule has 3 nitrogen and oxygen atoms in total. The number of rotatable bonds is 0. The summed E-state index contributed by atoms with van der Waals surface area (Å²) in [7, 11) is 0. The fourth-order valence-corrected chi connectivity index (χ4v) is 1.97. The summed E-state index contributed by atoms with van der Waals surface area (Å²) >= 11 is 6.76. The van der Waals surface area contributed by atoms with E-state index in [1.54, 1.807) is 13.8 Å². The summed E-state index contributed by atoms with van der Waals surface area (Å²) in [5.74, 6) is 0.541. The lowest BCUT2D eigenvalue weighted by Gasteiger charge is -2.31. The summed E-state index contributed by atoms with van der Waals surface area (Å²) in [6, 6.07) is 3.65. The monoisotopic (exact) mass is 333 g/mol. The molecule has 0 radical (unpaired) electrons. The molecule has 0 saturated carbocycles. The number of amides is 1. The van der Waals surface area contributed by atoms with Gasteiger partial charge in [-0.05, 0) is 57.8 Å². The Morgan fingerprint density at radius 1 is 1.27 bits per heavy atom. The predicted octanol–water partition coefficient (Wildman–Crippen LogP) is 3.32. The van der Waals surface area contributed by atoms with E-state index in [4.69, 9.17) is 4.74 Å². The van der Waals surface area contributed by atoms with Crippen LogP contribution in [0.3, 0.4) is 0 Å². The molecule has 0 bridgehead atoms. The van der Waals surface area contributed by atoms with Crippen molar-refractivity contribution < 1.29 is 9.53 Å². The highest BCUT2D eigenvalue weighted by Gasteiger charge is 2.35. The van der Waals surface area contributed by atoms with Crippen LogP contribution in [0, 0.1) is 0 Å². The van der Waals surface area contributed by atoms with Gasteiger partial charge in [0.15, 0.2) is 5.60 Å². The molecule has 0 aromatic heterocycles. The van der Waals surface area contributed by atoms with Crippen LogP contribution in [-0.2, 0) is 4.79 Å². The molecule has 1 amide bonds. The molecule has 15 heavy (non-hydrogen) atoms. The Morgan fingerprint density at radius 2 is 1.87 bits per heavy atom. The second kappa shape index (κ2) is 3.49. The predicted molar refractivity (Wildman–Crippen MR) is 65.2 cm³/mol. The fourth-order valence-electron chi connectivity index (χ4n) is 1.30. The van der Waals surface area contributed by atoms with Gasteiger partial charge in [-0.1, -0.05) is 0 Å². The maximum absolute atomic E-state index is 11.6. The Bertz CT molecular complexity index is 443. The topological polar surface area (TPSA) is 38.3 Å². The van der Waals surface area contributed by atoms with Crippen LogP contribution >= 0.6 is 31.9 Å². The molecular formula is C10H9Br2NO2. The molecular weight excluding hydrogens is 326 g/mol. The molecule has 0 unspecified atom stereocenters. The van der Waals surface area contributed by atoms with E-state index in [0.29, 0.717) is 11.4 Å². The van der Waals surface area contributed by atoms with E-state index in [-0.39, 0.29) is 5.91 Å². The van der Waals surface area contributed by atoms with Gasteiger partial charge in [-0.15, -0.1) is 0 Å². The lowest BCUT2D eigenvalue weighted by Crippen LogP contribution is -2.45. The van der Waals surface area contributed by atoms with Crippen LogP contribution in [-0.4, -0.2) is 11.5 Å². The Labute approximate surface area is 104 Å². The molecule has 0 saturated heterocycles. The van der Waals surface area contributed by atoms with Gasteiger partial charge in [0.1, 0.15) is 5.75 Å². The van der Waals surface area contributed by atoms with Gasteiger partial charge in [-0.25, -0.2) is 0 Å². The number of ether oxygens (including phenoxy) is 1. The van der Waals surface area contributed by atoms with Crippen LogP contribution in [0.5, 0.6) is 5.75 Å². The highest BCUT2D eigenvalue weighted by Crippen LogP contribution is 2.39. The van der Waals surface area contributed by atoms with E-state index in [1.165, 1.54) is 0 Å². The first kappa shape index (κ1) is 11.0. The van der Waals surface area contributed by atoms with E-state index < -0.39 is 5.60 Å². The molecule has 5 heteroatoms. The van der Waals surface area contributed by atoms with Crippen molar-refractivity contribution in [3.05, 3.63) is 21.1 Å². The third kappa shape index (κ3) is 1.90. The van der Waals surface area contributed by atoms with E-state index in [1.807, 2.05) is 12.1 Å². The largest absolute Gasteiger partial charge is 0.476 e. The minimum absolute atomic E-state index is 0.135. The zero-order valence-electron chi connectivity index (χ0n) is 8.23. The van der Waals surface area contributed by atoms with Gasteiger partial charge < -0.3 is 10.1 Å². The number of benzene rings is 1. The van der Waals surface area contributed by atoms with Gasteiger partial charge in [-0.3, -0.25) is 4.79 Å². The number of hydrogen-bond acceptors (Lipinski definition) is 2. The Hall–Kier alpha value is -0.550. The molecule has 0 fully saturated rings.